The minimum absolute atomic E-state index is 0.0417. The van der Waals surface area contributed by atoms with Crippen LogP contribution in [0.1, 0.15) is 0 Å². The Morgan fingerprint density at radius 1 is 0.950 bits per heavy atom. The van der Waals surface area contributed by atoms with Crippen molar-refractivity contribution in [1.82, 2.24) is 19.9 Å². The fourth-order valence-electron chi connectivity index (χ4n) is 0.975. The van der Waals surface area contributed by atoms with E-state index in [1.165, 1.54) is 0 Å². The first-order chi connectivity index (χ1) is 9.33. The zero-order valence-corrected chi connectivity index (χ0v) is 9.67. The van der Waals surface area contributed by atoms with Crippen LogP contribution in [0.3, 0.4) is 0 Å². The average molecular weight is 283 g/mol. The van der Waals surface area contributed by atoms with Crippen molar-refractivity contribution in [2.45, 2.75) is 0 Å². The number of nitrogens with zero attached hydrogens (tertiary/aromatic N) is 5. The molecule has 0 aliphatic carbocycles. The summed E-state index contributed by atoms with van der Waals surface area (Å²) in [5.41, 5.74) is 9.69. The average Bonchev–Trinajstić information content (AvgIpc) is 2.26. The van der Waals surface area contributed by atoms with Gasteiger partial charge in [-0.25, -0.2) is 0 Å². The highest BCUT2D eigenvalue weighted by Gasteiger charge is 2.10. The van der Waals surface area contributed by atoms with Crippen LogP contribution in [0.4, 0.5) is 17.3 Å². The molecule has 2 aromatic rings. The second-order valence-corrected chi connectivity index (χ2v) is 3.12. The molecule has 0 radical (unpaired) electrons. The quantitative estimate of drug-likeness (QED) is 0.361. The highest BCUT2D eigenvalue weighted by molar-refractivity contribution is 5.63. The molecule has 12 heteroatoms. The van der Waals surface area contributed by atoms with Crippen LogP contribution in [0.15, 0.2) is 11.2 Å². The lowest BCUT2D eigenvalue weighted by atomic mass is 10.5. The van der Waals surface area contributed by atoms with Crippen LogP contribution in [0.5, 0.6) is 23.8 Å². The topological polar surface area (TPSA) is 214 Å². The van der Waals surface area contributed by atoms with E-state index in [1.54, 1.807) is 0 Å². The summed E-state index contributed by atoms with van der Waals surface area (Å²) in [4.78, 5) is 22.6. The van der Waals surface area contributed by atoms with Crippen molar-refractivity contribution in [3.8, 4) is 23.8 Å². The van der Waals surface area contributed by atoms with Gasteiger partial charge >= 0.3 is 12.0 Å². The normalized spacial score (nSPS) is 9.40. The van der Waals surface area contributed by atoms with Gasteiger partial charge in [0.15, 0.2) is 5.82 Å². The van der Waals surface area contributed by atoms with Gasteiger partial charge in [0.05, 0.1) is 0 Å². The molecule has 0 spiro atoms. The van der Waals surface area contributed by atoms with Crippen molar-refractivity contribution in [2.24, 2.45) is 5.18 Å². The van der Waals surface area contributed by atoms with Crippen molar-refractivity contribution >= 4 is 17.3 Å². The van der Waals surface area contributed by atoms with Gasteiger partial charge in [0.1, 0.15) is 5.82 Å². The fourth-order valence-corrected chi connectivity index (χ4v) is 0.975. The Morgan fingerprint density at radius 2 is 1.55 bits per heavy atom. The Labute approximate surface area is 110 Å². The number of hydrogen-bond acceptors (Lipinski definition) is 12. The molecule has 0 aliphatic heterocycles. The molecule has 0 atom stereocenters. The van der Waals surface area contributed by atoms with E-state index in [-0.39, 0.29) is 17.5 Å². The molecule has 0 saturated carbocycles. The maximum absolute atomic E-state index is 9.91. The Hall–Kier alpha value is -3.44. The summed E-state index contributed by atoms with van der Waals surface area (Å²) in [6.45, 7) is 0. The number of nitroso groups, excluding NO2 is 1. The molecular formula is C8H9N7O5. The Morgan fingerprint density at radius 3 is 2.00 bits per heavy atom. The lowest BCUT2D eigenvalue weighted by Gasteiger charge is -1.97. The van der Waals surface area contributed by atoms with Gasteiger partial charge in [-0.1, -0.05) is 0 Å². The molecule has 0 saturated heterocycles. The number of rotatable bonds is 1. The van der Waals surface area contributed by atoms with Crippen molar-refractivity contribution < 1.29 is 20.4 Å². The zero-order valence-electron chi connectivity index (χ0n) is 9.67. The molecule has 0 aliphatic rings. The smallest absolute Gasteiger partial charge is 0.319 e. The Bertz CT molecular complexity index is 561. The van der Waals surface area contributed by atoms with Gasteiger partial charge in [0.2, 0.25) is 17.4 Å². The van der Waals surface area contributed by atoms with Crippen molar-refractivity contribution in [3.63, 3.8) is 0 Å². The maximum Gasteiger partial charge on any atom is 0.319 e. The Balaban J connectivity index is 0.000000204. The van der Waals surface area contributed by atoms with Crippen molar-refractivity contribution in [1.29, 1.82) is 0 Å². The van der Waals surface area contributed by atoms with Crippen LogP contribution in [0.2, 0.25) is 0 Å². The number of nitrogen functional groups attached to an aromatic ring is 2. The second-order valence-electron chi connectivity index (χ2n) is 3.12. The molecule has 2 rings (SSSR count). The van der Waals surface area contributed by atoms with E-state index >= 15 is 0 Å². The highest BCUT2D eigenvalue weighted by atomic mass is 16.3. The molecule has 2 aromatic heterocycles. The monoisotopic (exact) mass is 283 g/mol. The molecule has 0 aromatic carbocycles. The first-order valence-corrected chi connectivity index (χ1v) is 4.74. The molecule has 0 fully saturated rings. The summed E-state index contributed by atoms with van der Waals surface area (Å²) in [6, 6.07) is -0.0837. The van der Waals surface area contributed by atoms with Crippen LogP contribution in [-0.2, 0) is 0 Å². The van der Waals surface area contributed by atoms with E-state index in [0.29, 0.717) is 0 Å². The minimum Gasteiger partial charge on any atom is -0.493 e. The van der Waals surface area contributed by atoms with Crippen LogP contribution in [-0.4, -0.2) is 40.4 Å². The second kappa shape index (κ2) is 5.94. The van der Waals surface area contributed by atoms with Crippen molar-refractivity contribution in [2.75, 3.05) is 11.5 Å². The van der Waals surface area contributed by atoms with E-state index in [1.807, 2.05) is 0 Å². The van der Waals surface area contributed by atoms with Gasteiger partial charge in [-0.05, 0) is 5.18 Å². The number of hydrogen-bond donors (Lipinski definition) is 6. The lowest BCUT2D eigenvalue weighted by molar-refractivity contribution is 0.398. The first kappa shape index (κ1) is 14.6. The predicted octanol–water partition coefficient (Wildman–Crippen LogP) is -0.662. The first-order valence-electron chi connectivity index (χ1n) is 4.74. The maximum atomic E-state index is 9.91. The molecule has 0 amide bonds. The molecule has 20 heavy (non-hydrogen) atoms. The van der Waals surface area contributed by atoms with E-state index in [9.17, 15) is 4.91 Å². The summed E-state index contributed by atoms with van der Waals surface area (Å²) in [6.07, 6.45) is 0. The van der Waals surface area contributed by atoms with Gasteiger partial charge in [0, 0.05) is 6.07 Å². The fraction of sp³-hybridized carbons (Fsp3) is 0. The van der Waals surface area contributed by atoms with Gasteiger partial charge < -0.3 is 31.9 Å². The molecule has 12 nitrogen and oxygen atoms in total. The minimum atomic E-state index is -0.731. The predicted molar refractivity (Wildman–Crippen MR) is 65.0 cm³/mol. The van der Waals surface area contributed by atoms with E-state index in [0.717, 1.165) is 6.07 Å². The third-order valence-electron chi connectivity index (χ3n) is 1.69. The standard InChI is InChI=1S/C4H4N4O3.C4H5N3O2/c5-2-1(8-11)3(9)7-4(10)6-2;5-2-1-3(8)7-4(9)6-2/h(H4,5,6,7,9,10);1H,(H4,5,6,7,8,9). The van der Waals surface area contributed by atoms with Crippen molar-refractivity contribution in [3.05, 3.63) is 11.0 Å². The molecular weight excluding hydrogens is 274 g/mol. The third kappa shape index (κ3) is 3.80. The molecule has 2 heterocycles. The molecule has 0 bridgehead atoms. The SMILES string of the molecule is Nc1cc(O)nc(O)n1.Nc1nc(O)nc(O)c1N=O. The molecule has 0 unspecified atom stereocenters. The summed E-state index contributed by atoms with van der Waals surface area (Å²) in [5.74, 6) is -1.38. The number of aromatic nitrogens is 4. The Kier molecular flexibility index (Phi) is 4.34. The summed E-state index contributed by atoms with van der Waals surface area (Å²) >= 11 is 0. The van der Waals surface area contributed by atoms with E-state index < -0.39 is 23.6 Å². The van der Waals surface area contributed by atoms with Crippen LogP contribution >= 0.6 is 0 Å². The van der Waals surface area contributed by atoms with Gasteiger partial charge in [0.25, 0.3) is 0 Å². The number of nitrogens with two attached hydrogens (primary N) is 2. The number of aromatic hydroxyl groups is 4. The zero-order chi connectivity index (χ0) is 15.3. The van der Waals surface area contributed by atoms with E-state index in [4.69, 9.17) is 31.9 Å². The largest absolute Gasteiger partial charge is 0.493 e. The van der Waals surface area contributed by atoms with Crippen LogP contribution in [0.25, 0.3) is 0 Å². The summed E-state index contributed by atoms with van der Waals surface area (Å²) < 4.78 is 0. The van der Waals surface area contributed by atoms with Gasteiger partial charge in [-0.2, -0.15) is 19.9 Å². The van der Waals surface area contributed by atoms with Gasteiger partial charge in [-0.3, -0.25) is 0 Å². The summed E-state index contributed by atoms with van der Waals surface area (Å²) in [5, 5.41) is 36.9. The lowest BCUT2D eigenvalue weighted by Crippen LogP contribution is -1.92. The molecule has 8 N–H and O–H groups in total. The third-order valence-corrected chi connectivity index (χ3v) is 1.69. The van der Waals surface area contributed by atoms with E-state index in [2.05, 4.69) is 25.1 Å². The number of anilines is 2. The molecule has 106 valence electrons. The van der Waals surface area contributed by atoms with Crippen LogP contribution in [0, 0.1) is 4.91 Å². The van der Waals surface area contributed by atoms with Gasteiger partial charge in [-0.15, -0.1) is 4.91 Å². The highest BCUT2D eigenvalue weighted by Crippen LogP contribution is 2.30. The van der Waals surface area contributed by atoms with Crippen LogP contribution < -0.4 is 11.5 Å². The summed E-state index contributed by atoms with van der Waals surface area (Å²) in [7, 11) is 0.